The third-order valence-electron chi connectivity index (χ3n) is 2.76. The van der Waals surface area contributed by atoms with Crippen molar-refractivity contribution in [3.63, 3.8) is 0 Å². The predicted octanol–water partition coefficient (Wildman–Crippen LogP) is 1.69. The lowest BCUT2D eigenvalue weighted by Gasteiger charge is -2.22. The summed E-state index contributed by atoms with van der Waals surface area (Å²) in [6.45, 7) is 4.36. The number of hydrogen-bond donors (Lipinski definition) is 2. The highest BCUT2D eigenvalue weighted by molar-refractivity contribution is 5.42. The maximum Gasteiger partial charge on any atom is 0.161 e. The highest BCUT2D eigenvalue weighted by Crippen LogP contribution is 2.28. The molecular weight excluding hydrogens is 218 g/mol. The summed E-state index contributed by atoms with van der Waals surface area (Å²) in [6, 6.07) is 5.54. The van der Waals surface area contributed by atoms with Gasteiger partial charge in [0.25, 0.3) is 0 Å². The lowest BCUT2D eigenvalue weighted by molar-refractivity contribution is 0.00775. The third kappa shape index (κ3) is 3.91. The van der Waals surface area contributed by atoms with Crippen LogP contribution >= 0.6 is 0 Å². The minimum Gasteiger partial charge on any atom is -0.493 e. The summed E-state index contributed by atoms with van der Waals surface area (Å²) in [5, 5.41) is 9.86. The smallest absolute Gasteiger partial charge is 0.161 e. The van der Waals surface area contributed by atoms with Gasteiger partial charge in [0.15, 0.2) is 11.5 Å². The molecule has 0 amide bonds. The maximum absolute atomic E-state index is 9.86. The number of ether oxygens (including phenoxy) is 2. The number of nitrogens with two attached hydrogens (primary N) is 1. The van der Waals surface area contributed by atoms with Crippen LogP contribution in [0.4, 0.5) is 0 Å². The molecule has 1 aromatic carbocycles. The highest BCUT2D eigenvalue weighted by atomic mass is 16.5. The Balaban J connectivity index is 2.77. The Morgan fingerprint density at radius 1 is 1.35 bits per heavy atom. The SMILES string of the molecule is CCC(C)(O)COc1ccc(CN)cc1OC. The van der Waals surface area contributed by atoms with Crippen molar-refractivity contribution in [2.24, 2.45) is 5.73 Å². The molecule has 0 aromatic heterocycles. The minimum absolute atomic E-state index is 0.238. The first-order chi connectivity index (χ1) is 8.02. The molecular formula is C13H21NO3. The van der Waals surface area contributed by atoms with Crippen molar-refractivity contribution in [3.05, 3.63) is 23.8 Å². The Morgan fingerprint density at radius 3 is 2.59 bits per heavy atom. The van der Waals surface area contributed by atoms with E-state index in [-0.39, 0.29) is 6.61 Å². The van der Waals surface area contributed by atoms with E-state index in [1.807, 2.05) is 25.1 Å². The van der Waals surface area contributed by atoms with Crippen LogP contribution in [0.2, 0.25) is 0 Å². The summed E-state index contributed by atoms with van der Waals surface area (Å²) in [5.41, 5.74) is 5.71. The van der Waals surface area contributed by atoms with Gasteiger partial charge in [0.1, 0.15) is 6.61 Å². The standard InChI is InChI=1S/C13H21NO3/c1-4-13(2,15)9-17-11-6-5-10(8-14)7-12(11)16-3/h5-7,15H,4,8-9,14H2,1-3H3. The van der Waals surface area contributed by atoms with Crippen molar-refractivity contribution in [2.45, 2.75) is 32.4 Å². The summed E-state index contributed by atoms with van der Waals surface area (Å²) < 4.78 is 10.8. The highest BCUT2D eigenvalue weighted by Gasteiger charge is 2.19. The lowest BCUT2D eigenvalue weighted by Crippen LogP contribution is -2.31. The fraction of sp³-hybridized carbons (Fsp3) is 0.538. The van der Waals surface area contributed by atoms with Gasteiger partial charge >= 0.3 is 0 Å². The molecule has 0 fully saturated rings. The van der Waals surface area contributed by atoms with Crippen molar-refractivity contribution in [3.8, 4) is 11.5 Å². The zero-order valence-electron chi connectivity index (χ0n) is 10.7. The van der Waals surface area contributed by atoms with E-state index in [2.05, 4.69) is 0 Å². The van der Waals surface area contributed by atoms with Crippen molar-refractivity contribution >= 4 is 0 Å². The molecule has 0 radical (unpaired) electrons. The van der Waals surface area contributed by atoms with Crippen molar-refractivity contribution < 1.29 is 14.6 Å². The van der Waals surface area contributed by atoms with E-state index in [1.165, 1.54) is 0 Å². The molecule has 1 atom stereocenters. The Morgan fingerprint density at radius 2 is 2.06 bits per heavy atom. The average molecular weight is 239 g/mol. The maximum atomic E-state index is 9.86. The molecule has 96 valence electrons. The topological polar surface area (TPSA) is 64.7 Å². The van der Waals surface area contributed by atoms with Crippen LogP contribution in [0.3, 0.4) is 0 Å². The Hall–Kier alpha value is -1.26. The number of methoxy groups -OCH3 is 1. The van der Waals surface area contributed by atoms with Crippen molar-refractivity contribution in [1.82, 2.24) is 0 Å². The second-order valence-electron chi connectivity index (χ2n) is 4.33. The molecule has 4 heteroatoms. The molecule has 3 N–H and O–H groups in total. The Kier molecular flexibility index (Phi) is 4.78. The van der Waals surface area contributed by atoms with E-state index in [0.717, 1.165) is 5.56 Å². The monoisotopic (exact) mass is 239 g/mol. The van der Waals surface area contributed by atoms with Crippen LogP contribution in [0.5, 0.6) is 11.5 Å². The minimum atomic E-state index is -0.822. The first kappa shape index (κ1) is 13.8. The van der Waals surface area contributed by atoms with Gasteiger partial charge in [-0.15, -0.1) is 0 Å². The molecule has 0 saturated carbocycles. The van der Waals surface area contributed by atoms with Crippen molar-refractivity contribution in [1.29, 1.82) is 0 Å². The number of hydrogen-bond acceptors (Lipinski definition) is 4. The molecule has 0 aliphatic carbocycles. The molecule has 0 heterocycles. The van der Waals surface area contributed by atoms with Crippen LogP contribution in [-0.2, 0) is 6.54 Å². The normalized spacial score (nSPS) is 14.2. The molecule has 1 unspecified atom stereocenters. The van der Waals surface area contributed by atoms with E-state index >= 15 is 0 Å². The van der Waals surface area contributed by atoms with E-state index in [0.29, 0.717) is 24.5 Å². The molecule has 0 bridgehead atoms. The van der Waals surface area contributed by atoms with Gasteiger partial charge in [0.2, 0.25) is 0 Å². The summed E-state index contributed by atoms with van der Waals surface area (Å²) in [7, 11) is 1.58. The molecule has 1 rings (SSSR count). The Labute approximate surface area is 102 Å². The van der Waals surface area contributed by atoms with Gasteiger partial charge in [-0.3, -0.25) is 0 Å². The van der Waals surface area contributed by atoms with Gasteiger partial charge in [-0.2, -0.15) is 0 Å². The van der Waals surface area contributed by atoms with Crippen LogP contribution in [0, 0.1) is 0 Å². The molecule has 0 saturated heterocycles. The second-order valence-corrected chi connectivity index (χ2v) is 4.33. The summed E-state index contributed by atoms with van der Waals surface area (Å²) in [4.78, 5) is 0. The second kappa shape index (κ2) is 5.89. The lowest BCUT2D eigenvalue weighted by atomic mass is 10.1. The molecule has 0 aliphatic heterocycles. The largest absolute Gasteiger partial charge is 0.493 e. The first-order valence-electron chi connectivity index (χ1n) is 5.74. The zero-order valence-corrected chi connectivity index (χ0v) is 10.7. The van der Waals surface area contributed by atoms with Crippen LogP contribution in [0.15, 0.2) is 18.2 Å². The number of rotatable bonds is 6. The van der Waals surface area contributed by atoms with Gasteiger partial charge < -0.3 is 20.3 Å². The fourth-order valence-corrected chi connectivity index (χ4v) is 1.29. The third-order valence-corrected chi connectivity index (χ3v) is 2.76. The quantitative estimate of drug-likeness (QED) is 0.793. The van der Waals surface area contributed by atoms with E-state index < -0.39 is 5.60 Å². The van der Waals surface area contributed by atoms with Gasteiger partial charge in [0.05, 0.1) is 12.7 Å². The summed E-state index contributed by atoms with van der Waals surface area (Å²) >= 11 is 0. The van der Waals surface area contributed by atoms with Gasteiger partial charge in [-0.1, -0.05) is 13.0 Å². The fourth-order valence-electron chi connectivity index (χ4n) is 1.29. The molecule has 0 spiro atoms. The molecule has 1 aromatic rings. The zero-order chi connectivity index (χ0) is 12.9. The van der Waals surface area contributed by atoms with Crippen LogP contribution in [0.1, 0.15) is 25.8 Å². The molecule has 4 nitrogen and oxygen atoms in total. The first-order valence-corrected chi connectivity index (χ1v) is 5.74. The van der Waals surface area contributed by atoms with Crippen LogP contribution < -0.4 is 15.2 Å². The molecule has 17 heavy (non-hydrogen) atoms. The van der Waals surface area contributed by atoms with Crippen LogP contribution in [-0.4, -0.2) is 24.4 Å². The van der Waals surface area contributed by atoms with Crippen LogP contribution in [0.25, 0.3) is 0 Å². The number of aliphatic hydroxyl groups is 1. The molecule has 0 aliphatic rings. The van der Waals surface area contributed by atoms with E-state index in [1.54, 1.807) is 14.0 Å². The van der Waals surface area contributed by atoms with Gasteiger partial charge in [0, 0.05) is 6.54 Å². The van der Waals surface area contributed by atoms with E-state index in [4.69, 9.17) is 15.2 Å². The summed E-state index contributed by atoms with van der Waals surface area (Å²) in [6.07, 6.45) is 0.635. The average Bonchev–Trinajstić information content (AvgIpc) is 2.36. The Bertz CT molecular complexity index is 364. The number of benzene rings is 1. The van der Waals surface area contributed by atoms with Gasteiger partial charge in [-0.25, -0.2) is 0 Å². The van der Waals surface area contributed by atoms with Gasteiger partial charge in [-0.05, 0) is 31.0 Å². The summed E-state index contributed by atoms with van der Waals surface area (Å²) in [5.74, 6) is 1.26. The van der Waals surface area contributed by atoms with Crippen molar-refractivity contribution in [2.75, 3.05) is 13.7 Å². The van der Waals surface area contributed by atoms with E-state index in [9.17, 15) is 5.11 Å². The predicted molar refractivity (Wildman–Crippen MR) is 67.3 cm³/mol.